The van der Waals surface area contributed by atoms with Crippen molar-refractivity contribution in [2.75, 3.05) is 5.32 Å². The summed E-state index contributed by atoms with van der Waals surface area (Å²) in [5.74, 6) is -0.191. The fraction of sp³-hybridized carbons (Fsp3) is 0.0769. The molecule has 0 saturated heterocycles. The number of rotatable bonds is 2. The van der Waals surface area contributed by atoms with Gasteiger partial charge in [0.2, 0.25) is 0 Å². The maximum Gasteiger partial charge on any atom is 0.255 e. The highest BCUT2D eigenvalue weighted by Gasteiger charge is 2.07. The summed E-state index contributed by atoms with van der Waals surface area (Å²) in [7, 11) is 0. The van der Waals surface area contributed by atoms with E-state index in [0.29, 0.717) is 16.3 Å². The molecule has 4 heteroatoms. The molecule has 1 N–H and O–H groups in total. The number of carbonyl (C=O) groups is 1. The lowest BCUT2D eigenvalue weighted by molar-refractivity contribution is 0.102. The first-order valence-corrected chi connectivity index (χ1v) is 5.53. The number of carbonyl (C=O) groups excluding carboxylic acids is 1. The molecule has 0 radical (unpaired) electrons. The van der Waals surface area contributed by atoms with Crippen molar-refractivity contribution in [3.8, 4) is 0 Å². The molecule has 0 saturated carbocycles. The average Bonchev–Trinajstić information content (AvgIpc) is 2.32. The van der Waals surface area contributed by atoms with E-state index in [1.807, 2.05) is 19.1 Å². The predicted molar refractivity (Wildman–Crippen MR) is 68.4 cm³/mol. The van der Waals surface area contributed by atoms with Gasteiger partial charge in [0.25, 0.3) is 5.91 Å². The van der Waals surface area contributed by atoms with Gasteiger partial charge in [0, 0.05) is 17.5 Å². The van der Waals surface area contributed by atoms with Crippen LogP contribution in [-0.4, -0.2) is 10.9 Å². The van der Waals surface area contributed by atoms with Gasteiger partial charge in [0.05, 0.1) is 10.7 Å². The van der Waals surface area contributed by atoms with Gasteiger partial charge in [-0.15, -0.1) is 0 Å². The van der Waals surface area contributed by atoms with Crippen LogP contribution >= 0.6 is 11.6 Å². The number of nitrogens with one attached hydrogen (secondary N) is 1. The predicted octanol–water partition coefficient (Wildman–Crippen LogP) is 3.30. The zero-order chi connectivity index (χ0) is 12.3. The summed E-state index contributed by atoms with van der Waals surface area (Å²) in [6, 6.07) is 10.5. The first kappa shape index (κ1) is 11.6. The lowest BCUT2D eigenvalue weighted by Crippen LogP contribution is -2.12. The Morgan fingerprint density at radius 2 is 2.06 bits per heavy atom. The van der Waals surface area contributed by atoms with Gasteiger partial charge in [-0.2, -0.15) is 0 Å². The number of aromatic nitrogens is 1. The summed E-state index contributed by atoms with van der Waals surface area (Å²) in [4.78, 5) is 16.0. The van der Waals surface area contributed by atoms with Crippen LogP contribution in [0.2, 0.25) is 5.02 Å². The Morgan fingerprint density at radius 1 is 1.29 bits per heavy atom. The molecule has 0 bridgehead atoms. The van der Waals surface area contributed by atoms with Gasteiger partial charge in [-0.05, 0) is 31.2 Å². The molecular formula is C13H11ClN2O. The monoisotopic (exact) mass is 246 g/mol. The molecule has 0 aliphatic heterocycles. The minimum atomic E-state index is -0.191. The normalized spacial score (nSPS) is 10.0. The van der Waals surface area contributed by atoms with Gasteiger partial charge in [0.1, 0.15) is 0 Å². The summed E-state index contributed by atoms with van der Waals surface area (Å²) in [5.41, 5.74) is 1.97. The zero-order valence-corrected chi connectivity index (χ0v) is 10.0. The van der Waals surface area contributed by atoms with Crippen LogP contribution in [0.3, 0.4) is 0 Å². The van der Waals surface area contributed by atoms with Crippen LogP contribution in [0.25, 0.3) is 0 Å². The summed E-state index contributed by atoms with van der Waals surface area (Å²) in [6.45, 7) is 1.84. The van der Waals surface area contributed by atoms with Crippen molar-refractivity contribution < 1.29 is 4.79 Å². The van der Waals surface area contributed by atoms with Crippen molar-refractivity contribution in [1.82, 2.24) is 4.98 Å². The minimum Gasteiger partial charge on any atom is -0.321 e. The standard InChI is InChI=1S/C13H11ClN2O/c1-9-8-10(6-7-15-9)13(17)16-12-5-3-2-4-11(12)14/h2-8H,1H3,(H,16,17). The second-order valence-corrected chi connectivity index (χ2v) is 4.03. The molecule has 86 valence electrons. The highest BCUT2D eigenvalue weighted by molar-refractivity contribution is 6.33. The van der Waals surface area contributed by atoms with Gasteiger partial charge in [-0.1, -0.05) is 23.7 Å². The Morgan fingerprint density at radius 3 is 2.76 bits per heavy atom. The molecule has 2 rings (SSSR count). The molecule has 1 aromatic carbocycles. The van der Waals surface area contributed by atoms with E-state index in [0.717, 1.165) is 5.69 Å². The second kappa shape index (κ2) is 4.97. The van der Waals surface area contributed by atoms with E-state index in [9.17, 15) is 4.79 Å². The highest BCUT2D eigenvalue weighted by Crippen LogP contribution is 2.21. The number of aryl methyl sites for hydroxylation is 1. The van der Waals surface area contributed by atoms with E-state index in [-0.39, 0.29) is 5.91 Å². The van der Waals surface area contributed by atoms with Gasteiger partial charge in [-0.25, -0.2) is 0 Å². The molecule has 0 atom stereocenters. The van der Waals surface area contributed by atoms with Crippen molar-refractivity contribution >= 4 is 23.2 Å². The van der Waals surface area contributed by atoms with Crippen molar-refractivity contribution in [2.24, 2.45) is 0 Å². The van der Waals surface area contributed by atoms with E-state index < -0.39 is 0 Å². The summed E-state index contributed by atoms with van der Waals surface area (Å²) in [6.07, 6.45) is 1.61. The van der Waals surface area contributed by atoms with E-state index in [4.69, 9.17) is 11.6 Å². The molecule has 1 aromatic heterocycles. The number of amides is 1. The van der Waals surface area contributed by atoms with Crippen molar-refractivity contribution in [3.63, 3.8) is 0 Å². The van der Waals surface area contributed by atoms with Crippen LogP contribution in [0.4, 0.5) is 5.69 Å². The molecule has 0 spiro atoms. The largest absolute Gasteiger partial charge is 0.321 e. The minimum absolute atomic E-state index is 0.191. The van der Waals surface area contributed by atoms with Crippen LogP contribution in [0.1, 0.15) is 16.1 Å². The number of nitrogens with zero attached hydrogens (tertiary/aromatic N) is 1. The van der Waals surface area contributed by atoms with Crippen LogP contribution in [0.15, 0.2) is 42.6 Å². The number of benzene rings is 1. The van der Waals surface area contributed by atoms with Crippen LogP contribution in [-0.2, 0) is 0 Å². The maximum absolute atomic E-state index is 11.9. The molecule has 0 unspecified atom stereocenters. The highest BCUT2D eigenvalue weighted by atomic mass is 35.5. The van der Waals surface area contributed by atoms with E-state index in [1.165, 1.54) is 0 Å². The Bertz CT molecular complexity index is 555. The quantitative estimate of drug-likeness (QED) is 0.884. The van der Waals surface area contributed by atoms with E-state index >= 15 is 0 Å². The molecule has 0 fully saturated rings. The summed E-state index contributed by atoms with van der Waals surface area (Å²) in [5, 5.41) is 3.28. The van der Waals surface area contributed by atoms with E-state index in [2.05, 4.69) is 10.3 Å². The van der Waals surface area contributed by atoms with Crippen LogP contribution in [0.5, 0.6) is 0 Å². The third-order valence-corrected chi connectivity index (χ3v) is 2.61. The van der Waals surface area contributed by atoms with Crippen LogP contribution < -0.4 is 5.32 Å². The molecule has 1 amide bonds. The molecule has 0 aliphatic rings. The first-order valence-electron chi connectivity index (χ1n) is 5.15. The lowest BCUT2D eigenvalue weighted by Gasteiger charge is -2.06. The van der Waals surface area contributed by atoms with Crippen molar-refractivity contribution in [2.45, 2.75) is 6.92 Å². The third-order valence-electron chi connectivity index (χ3n) is 2.28. The van der Waals surface area contributed by atoms with Crippen LogP contribution in [0, 0.1) is 6.92 Å². The van der Waals surface area contributed by atoms with Gasteiger partial charge >= 0.3 is 0 Å². The molecule has 0 aliphatic carbocycles. The Labute approximate surface area is 104 Å². The van der Waals surface area contributed by atoms with E-state index in [1.54, 1.807) is 30.5 Å². The number of halogens is 1. The zero-order valence-electron chi connectivity index (χ0n) is 9.27. The maximum atomic E-state index is 11.9. The smallest absolute Gasteiger partial charge is 0.255 e. The number of hydrogen-bond acceptors (Lipinski definition) is 2. The Kier molecular flexibility index (Phi) is 3.40. The first-order chi connectivity index (χ1) is 8.16. The SMILES string of the molecule is Cc1cc(C(=O)Nc2ccccc2Cl)ccn1. The lowest BCUT2D eigenvalue weighted by atomic mass is 10.2. The fourth-order valence-electron chi connectivity index (χ4n) is 1.44. The molecular weight excluding hydrogens is 236 g/mol. The fourth-order valence-corrected chi connectivity index (χ4v) is 1.63. The number of para-hydroxylation sites is 1. The molecule has 3 nitrogen and oxygen atoms in total. The summed E-state index contributed by atoms with van der Waals surface area (Å²) < 4.78 is 0. The third kappa shape index (κ3) is 2.82. The topological polar surface area (TPSA) is 42.0 Å². The molecule has 1 heterocycles. The van der Waals surface area contributed by atoms with Gasteiger partial charge in [-0.3, -0.25) is 9.78 Å². The average molecular weight is 247 g/mol. The second-order valence-electron chi connectivity index (χ2n) is 3.62. The van der Waals surface area contributed by atoms with Crippen molar-refractivity contribution in [1.29, 1.82) is 0 Å². The molecule has 17 heavy (non-hydrogen) atoms. The summed E-state index contributed by atoms with van der Waals surface area (Å²) >= 11 is 5.96. The number of pyridine rings is 1. The number of anilines is 1. The van der Waals surface area contributed by atoms with Crippen molar-refractivity contribution in [3.05, 3.63) is 58.9 Å². The van der Waals surface area contributed by atoms with Gasteiger partial charge < -0.3 is 5.32 Å². The Balaban J connectivity index is 2.20. The number of hydrogen-bond donors (Lipinski definition) is 1. The Hall–Kier alpha value is -1.87. The molecule has 2 aromatic rings. The van der Waals surface area contributed by atoms with Gasteiger partial charge in [0.15, 0.2) is 0 Å².